The molecule has 0 saturated carbocycles. The van der Waals surface area contributed by atoms with Gasteiger partial charge in [-0.1, -0.05) is 12.2 Å². The van der Waals surface area contributed by atoms with Gasteiger partial charge in [0.2, 0.25) is 5.91 Å². The van der Waals surface area contributed by atoms with Crippen LogP contribution in [0.2, 0.25) is 0 Å². The Morgan fingerprint density at radius 3 is 2.21 bits per heavy atom. The summed E-state index contributed by atoms with van der Waals surface area (Å²) >= 11 is 0. The van der Waals surface area contributed by atoms with Crippen LogP contribution in [-0.2, 0) is 4.79 Å². The molecule has 0 unspecified atom stereocenters. The summed E-state index contributed by atoms with van der Waals surface area (Å²) in [5.41, 5.74) is 0. The standard InChI is InChI=1S/C11H20N2O/c1-5-7-13(8-6-2)9-11(14)12-10(3)4/h5-6,10H,1-2,7-9H2,3-4H3,(H,12,14). The van der Waals surface area contributed by atoms with Crippen LogP contribution in [0.25, 0.3) is 0 Å². The normalized spacial score (nSPS) is 10.3. The van der Waals surface area contributed by atoms with E-state index in [2.05, 4.69) is 18.5 Å². The SMILES string of the molecule is C=CCN(CC=C)CC(=O)NC(C)C. The van der Waals surface area contributed by atoms with E-state index < -0.39 is 0 Å². The minimum Gasteiger partial charge on any atom is -0.353 e. The fraction of sp³-hybridized carbons (Fsp3) is 0.545. The van der Waals surface area contributed by atoms with Crippen molar-refractivity contribution in [2.45, 2.75) is 19.9 Å². The highest BCUT2D eigenvalue weighted by atomic mass is 16.2. The maximum atomic E-state index is 11.4. The largest absolute Gasteiger partial charge is 0.353 e. The number of rotatable bonds is 7. The van der Waals surface area contributed by atoms with E-state index in [1.807, 2.05) is 18.7 Å². The van der Waals surface area contributed by atoms with E-state index in [0.29, 0.717) is 19.6 Å². The summed E-state index contributed by atoms with van der Waals surface area (Å²) in [5, 5.41) is 2.84. The highest BCUT2D eigenvalue weighted by Crippen LogP contribution is 1.89. The second kappa shape index (κ2) is 7.33. The number of carbonyl (C=O) groups excluding carboxylic acids is 1. The molecule has 0 bridgehead atoms. The van der Waals surface area contributed by atoms with Gasteiger partial charge in [0.15, 0.2) is 0 Å². The van der Waals surface area contributed by atoms with E-state index in [9.17, 15) is 4.79 Å². The van der Waals surface area contributed by atoms with E-state index in [4.69, 9.17) is 0 Å². The van der Waals surface area contributed by atoms with E-state index in [1.54, 1.807) is 12.2 Å². The Balaban J connectivity index is 3.94. The zero-order valence-corrected chi connectivity index (χ0v) is 9.12. The number of amides is 1. The molecule has 0 aromatic rings. The van der Waals surface area contributed by atoms with Gasteiger partial charge in [-0.15, -0.1) is 13.2 Å². The molecule has 14 heavy (non-hydrogen) atoms. The maximum Gasteiger partial charge on any atom is 0.234 e. The number of hydrogen-bond acceptors (Lipinski definition) is 2. The molecule has 0 aliphatic carbocycles. The molecule has 80 valence electrons. The van der Waals surface area contributed by atoms with E-state index in [0.717, 1.165) is 0 Å². The van der Waals surface area contributed by atoms with Crippen LogP contribution in [0.5, 0.6) is 0 Å². The van der Waals surface area contributed by atoms with Crippen molar-refractivity contribution < 1.29 is 4.79 Å². The third-order valence-corrected chi connectivity index (χ3v) is 1.59. The van der Waals surface area contributed by atoms with Crippen LogP contribution in [0.3, 0.4) is 0 Å². The summed E-state index contributed by atoms with van der Waals surface area (Å²) in [6, 6.07) is 0.191. The molecule has 0 saturated heterocycles. The molecular weight excluding hydrogens is 176 g/mol. The third kappa shape index (κ3) is 6.43. The molecule has 0 rings (SSSR count). The van der Waals surface area contributed by atoms with Crippen molar-refractivity contribution in [2.24, 2.45) is 0 Å². The lowest BCUT2D eigenvalue weighted by Crippen LogP contribution is -2.40. The van der Waals surface area contributed by atoms with Crippen molar-refractivity contribution in [3.05, 3.63) is 25.3 Å². The fourth-order valence-electron chi connectivity index (χ4n) is 1.14. The quantitative estimate of drug-likeness (QED) is 0.620. The van der Waals surface area contributed by atoms with Gasteiger partial charge in [0, 0.05) is 19.1 Å². The number of hydrogen-bond donors (Lipinski definition) is 1. The molecule has 0 fully saturated rings. The second-order valence-electron chi connectivity index (χ2n) is 3.49. The van der Waals surface area contributed by atoms with Crippen molar-refractivity contribution in [3.63, 3.8) is 0 Å². The van der Waals surface area contributed by atoms with E-state index in [-0.39, 0.29) is 11.9 Å². The van der Waals surface area contributed by atoms with Gasteiger partial charge in [0.1, 0.15) is 0 Å². The van der Waals surface area contributed by atoms with Crippen molar-refractivity contribution >= 4 is 5.91 Å². The number of nitrogens with one attached hydrogen (secondary N) is 1. The average molecular weight is 196 g/mol. The van der Waals surface area contributed by atoms with Gasteiger partial charge in [-0.2, -0.15) is 0 Å². The van der Waals surface area contributed by atoms with Crippen LogP contribution in [-0.4, -0.2) is 36.5 Å². The fourth-order valence-corrected chi connectivity index (χ4v) is 1.14. The van der Waals surface area contributed by atoms with Crippen molar-refractivity contribution in [1.29, 1.82) is 0 Å². The predicted octanol–water partition coefficient (Wildman–Crippen LogP) is 1.18. The molecule has 1 amide bonds. The Morgan fingerprint density at radius 1 is 1.36 bits per heavy atom. The summed E-state index contributed by atoms with van der Waals surface area (Å²) in [4.78, 5) is 13.4. The van der Waals surface area contributed by atoms with E-state index >= 15 is 0 Å². The Morgan fingerprint density at radius 2 is 1.86 bits per heavy atom. The van der Waals surface area contributed by atoms with Gasteiger partial charge in [-0.05, 0) is 13.8 Å². The Labute approximate surface area is 86.5 Å². The zero-order valence-electron chi connectivity index (χ0n) is 9.12. The van der Waals surface area contributed by atoms with Crippen LogP contribution in [0.1, 0.15) is 13.8 Å². The van der Waals surface area contributed by atoms with Crippen LogP contribution < -0.4 is 5.32 Å². The third-order valence-electron chi connectivity index (χ3n) is 1.59. The van der Waals surface area contributed by atoms with E-state index in [1.165, 1.54) is 0 Å². The molecular formula is C11H20N2O. The minimum absolute atomic E-state index is 0.0451. The number of nitrogens with zero attached hydrogens (tertiary/aromatic N) is 1. The molecule has 0 aliphatic rings. The van der Waals surface area contributed by atoms with Crippen LogP contribution in [0, 0.1) is 0 Å². The first kappa shape index (κ1) is 12.9. The summed E-state index contributed by atoms with van der Waals surface area (Å²) in [6.45, 7) is 13.0. The molecule has 0 spiro atoms. The first-order valence-corrected chi connectivity index (χ1v) is 4.83. The summed E-state index contributed by atoms with van der Waals surface area (Å²) in [7, 11) is 0. The molecule has 3 heteroatoms. The smallest absolute Gasteiger partial charge is 0.234 e. The lowest BCUT2D eigenvalue weighted by atomic mass is 10.3. The molecule has 0 aliphatic heterocycles. The van der Waals surface area contributed by atoms with Gasteiger partial charge in [-0.3, -0.25) is 9.69 Å². The maximum absolute atomic E-state index is 11.4. The van der Waals surface area contributed by atoms with Crippen molar-refractivity contribution in [3.8, 4) is 0 Å². The minimum atomic E-state index is 0.0451. The van der Waals surface area contributed by atoms with Gasteiger partial charge in [-0.25, -0.2) is 0 Å². The highest BCUT2D eigenvalue weighted by molar-refractivity contribution is 5.78. The summed E-state index contributed by atoms with van der Waals surface area (Å²) < 4.78 is 0. The highest BCUT2D eigenvalue weighted by Gasteiger charge is 2.08. The molecule has 0 aromatic carbocycles. The first-order valence-electron chi connectivity index (χ1n) is 4.83. The second-order valence-corrected chi connectivity index (χ2v) is 3.49. The van der Waals surface area contributed by atoms with Crippen LogP contribution in [0.15, 0.2) is 25.3 Å². The number of carbonyl (C=O) groups is 1. The first-order chi connectivity index (χ1) is 6.60. The molecule has 0 heterocycles. The molecule has 1 N–H and O–H groups in total. The molecule has 3 nitrogen and oxygen atoms in total. The topological polar surface area (TPSA) is 32.3 Å². The molecule has 0 atom stereocenters. The Hall–Kier alpha value is -1.09. The van der Waals surface area contributed by atoms with Crippen molar-refractivity contribution in [2.75, 3.05) is 19.6 Å². The van der Waals surface area contributed by atoms with Crippen LogP contribution in [0.4, 0.5) is 0 Å². The average Bonchev–Trinajstić information content (AvgIpc) is 2.03. The molecule has 0 radical (unpaired) electrons. The van der Waals surface area contributed by atoms with Crippen molar-refractivity contribution in [1.82, 2.24) is 10.2 Å². The summed E-state index contributed by atoms with van der Waals surface area (Å²) in [5.74, 6) is 0.0451. The Kier molecular flexibility index (Phi) is 6.76. The zero-order chi connectivity index (χ0) is 11.0. The Bertz CT molecular complexity index is 189. The van der Waals surface area contributed by atoms with Gasteiger partial charge >= 0.3 is 0 Å². The lowest BCUT2D eigenvalue weighted by Gasteiger charge is -2.18. The summed E-state index contributed by atoms with van der Waals surface area (Å²) in [6.07, 6.45) is 3.57. The van der Waals surface area contributed by atoms with Crippen LogP contribution >= 0.6 is 0 Å². The van der Waals surface area contributed by atoms with Gasteiger partial charge in [0.05, 0.1) is 6.54 Å². The van der Waals surface area contributed by atoms with Gasteiger partial charge < -0.3 is 5.32 Å². The molecule has 0 aromatic heterocycles. The van der Waals surface area contributed by atoms with Gasteiger partial charge in [0.25, 0.3) is 0 Å². The predicted molar refractivity (Wildman–Crippen MR) is 60.1 cm³/mol. The lowest BCUT2D eigenvalue weighted by molar-refractivity contribution is -0.122. The monoisotopic (exact) mass is 196 g/mol.